The molecule has 6 nitrogen and oxygen atoms in total. The molecule has 1 fully saturated rings. The fourth-order valence-electron chi connectivity index (χ4n) is 3.58. The molecule has 26 heavy (non-hydrogen) atoms. The van der Waals surface area contributed by atoms with Crippen LogP contribution in [0.3, 0.4) is 0 Å². The van der Waals surface area contributed by atoms with Gasteiger partial charge in [0.25, 0.3) is 0 Å². The standard InChI is InChI=1S/C20H25N2O4/c1-20(2,3)17-11-21(8-9-22(17)13-23)10-14-12-26-18-15(14)6-5-7-16(18)19(24)25-4/h5-7,12,17H,8-11H2,1-4H3. The first-order valence-corrected chi connectivity index (χ1v) is 8.79. The third kappa shape index (κ3) is 3.46. The van der Waals surface area contributed by atoms with Crippen LogP contribution in [0, 0.1) is 5.41 Å². The molecule has 1 unspecified atom stereocenters. The maximum absolute atomic E-state index is 11.9. The summed E-state index contributed by atoms with van der Waals surface area (Å²) in [5.74, 6) is -0.403. The van der Waals surface area contributed by atoms with Gasteiger partial charge < -0.3 is 14.1 Å². The monoisotopic (exact) mass is 357 g/mol. The van der Waals surface area contributed by atoms with Crippen LogP contribution in [0.1, 0.15) is 36.7 Å². The molecule has 1 aliphatic heterocycles. The second-order valence-electron chi connectivity index (χ2n) is 7.84. The van der Waals surface area contributed by atoms with Gasteiger partial charge in [-0.25, -0.2) is 4.79 Å². The molecule has 3 rings (SSSR count). The molecule has 0 N–H and O–H groups in total. The van der Waals surface area contributed by atoms with E-state index in [1.54, 1.807) is 17.2 Å². The minimum Gasteiger partial charge on any atom is -0.465 e. The Morgan fingerprint density at radius 1 is 1.35 bits per heavy atom. The summed E-state index contributed by atoms with van der Waals surface area (Å²) in [6.45, 7) is 9.35. The minimum atomic E-state index is -0.403. The van der Waals surface area contributed by atoms with Crippen LogP contribution in [0.5, 0.6) is 0 Å². The maximum atomic E-state index is 11.9. The second-order valence-corrected chi connectivity index (χ2v) is 7.84. The van der Waals surface area contributed by atoms with E-state index in [2.05, 4.69) is 32.1 Å². The lowest BCUT2D eigenvalue weighted by Gasteiger charge is -2.45. The van der Waals surface area contributed by atoms with Crippen molar-refractivity contribution in [1.29, 1.82) is 0 Å². The van der Waals surface area contributed by atoms with E-state index in [-0.39, 0.29) is 11.5 Å². The van der Waals surface area contributed by atoms with Crippen molar-refractivity contribution in [2.45, 2.75) is 33.4 Å². The van der Waals surface area contributed by atoms with Gasteiger partial charge in [0, 0.05) is 43.2 Å². The van der Waals surface area contributed by atoms with Crippen molar-refractivity contribution in [2.24, 2.45) is 5.41 Å². The largest absolute Gasteiger partial charge is 0.465 e. The Bertz CT molecular complexity index is 806. The first-order valence-electron chi connectivity index (χ1n) is 8.79. The molecular formula is C20H25N2O4. The van der Waals surface area contributed by atoms with Gasteiger partial charge in [-0.1, -0.05) is 32.9 Å². The Morgan fingerprint density at radius 2 is 2.12 bits per heavy atom. The van der Waals surface area contributed by atoms with Gasteiger partial charge in [0.1, 0.15) is 11.1 Å². The van der Waals surface area contributed by atoms with Crippen molar-refractivity contribution in [3.63, 3.8) is 0 Å². The summed E-state index contributed by atoms with van der Waals surface area (Å²) >= 11 is 0. The number of methoxy groups -OCH3 is 1. The molecule has 1 aliphatic rings. The number of ether oxygens (including phenoxy) is 1. The lowest BCUT2D eigenvalue weighted by molar-refractivity contribution is 0.0558. The Kier molecular flexibility index (Phi) is 5.05. The molecule has 1 radical (unpaired) electrons. The van der Waals surface area contributed by atoms with Crippen LogP contribution in [0.15, 0.2) is 28.9 Å². The van der Waals surface area contributed by atoms with E-state index in [0.29, 0.717) is 24.2 Å². The lowest BCUT2D eigenvalue weighted by Crippen LogP contribution is -2.57. The third-order valence-electron chi connectivity index (χ3n) is 5.06. The molecule has 0 spiro atoms. The summed E-state index contributed by atoms with van der Waals surface area (Å²) in [6.07, 6.45) is 3.79. The highest BCUT2D eigenvalue weighted by Crippen LogP contribution is 2.30. The minimum absolute atomic E-state index is 0.0212. The zero-order chi connectivity index (χ0) is 18.9. The molecule has 1 aromatic carbocycles. The lowest BCUT2D eigenvalue weighted by atomic mass is 9.84. The van der Waals surface area contributed by atoms with E-state index in [1.807, 2.05) is 12.1 Å². The third-order valence-corrected chi connectivity index (χ3v) is 5.06. The van der Waals surface area contributed by atoms with Crippen molar-refractivity contribution < 1.29 is 18.7 Å². The zero-order valence-electron chi connectivity index (χ0n) is 15.7. The number of hydrogen-bond acceptors (Lipinski definition) is 5. The van der Waals surface area contributed by atoms with Gasteiger partial charge in [-0.2, -0.15) is 0 Å². The summed E-state index contributed by atoms with van der Waals surface area (Å²) < 4.78 is 10.5. The number of fused-ring (bicyclic) bond motifs is 1. The smallest absolute Gasteiger partial charge is 0.341 e. The summed E-state index contributed by atoms with van der Waals surface area (Å²) in [4.78, 5) is 27.3. The number of piperazine rings is 1. The Morgan fingerprint density at radius 3 is 2.77 bits per heavy atom. The molecule has 1 aromatic heterocycles. The number of benzene rings is 1. The molecule has 0 saturated carbocycles. The van der Waals surface area contributed by atoms with Crippen LogP contribution in [0.4, 0.5) is 0 Å². The van der Waals surface area contributed by atoms with Gasteiger partial charge in [-0.05, 0) is 11.5 Å². The number of carbonyl (C=O) groups excluding carboxylic acids is 2. The molecule has 139 valence electrons. The number of nitrogens with zero attached hydrogens (tertiary/aromatic N) is 2. The fourth-order valence-corrected chi connectivity index (χ4v) is 3.58. The SMILES string of the molecule is COC(=O)c1cccc2c(CN3CCN([C]=O)C(C(C)(C)C)C3)coc12. The maximum Gasteiger partial charge on any atom is 0.341 e. The molecule has 0 bridgehead atoms. The first kappa shape index (κ1) is 18.5. The first-order chi connectivity index (χ1) is 12.3. The quantitative estimate of drug-likeness (QED) is 0.788. The average molecular weight is 357 g/mol. The van der Waals surface area contributed by atoms with Gasteiger partial charge in [0.15, 0.2) is 0 Å². The Hall–Kier alpha value is -2.34. The highest BCUT2D eigenvalue weighted by Gasteiger charge is 2.35. The van der Waals surface area contributed by atoms with E-state index < -0.39 is 5.97 Å². The van der Waals surface area contributed by atoms with E-state index in [9.17, 15) is 9.59 Å². The normalized spacial score (nSPS) is 18.9. The molecule has 2 aromatic rings. The molecule has 1 atom stereocenters. The zero-order valence-corrected chi connectivity index (χ0v) is 15.7. The number of para-hydroxylation sites is 1. The van der Waals surface area contributed by atoms with Crippen LogP contribution >= 0.6 is 0 Å². The predicted molar refractivity (Wildman–Crippen MR) is 98.5 cm³/mol. The number of hydrogen-bond donors (Lipinski definition) is 0. The van der Waals surface area contributed by atoms with E-state index in [4.69, 9.17) is 9.15 Å². The second kappa shape index (κ2) is 7.11. The number of esters is 1. The van der Waals surface area contributed by atoms with Crippen molar-refractivity contribution in [2.75, 3.05) is 26.7 Å². The number of rotatable bonds is 4. The fraction of sp³-hybridized carbons (Fsp3) is 0.500. The molecule has 2 heterocycles. The van der Waals surface area contributed by atoms with Gasteiger partial charge in [0.05, 0.1) is 13.4 Å². The molecule has 6 heteroatoms. The molecule has 1 amide bonds. The van der Waals surface area contributed by atoms with Gasteiger partial charge in [0.2, 0.25) is 0 Å². The summed E-state index contributed by atoms with van der Waals surface area (Å²) in [7, 11) is 1.36. The van der Waals surface area contributed by atoms with Gasteiger partial charge in [-0.3, -0.25) is 9.69 Å². The topological polar surface area (TPSA) is 63.0 Å². The highest BCUT2D eigenvalue weighted by atomic mass is 16.5. The van der Waals surface area contributed by atoms with Crippen molar-refractivity contribution in [1.82, 2.24) is 9.80 Å². The van der Waals surface area contributed by atoms with Crippen LogP contribution in [0.25, 0.3) is 11.0 Å². The molecule has 0 aliphatic carbocycles. The van der Waals surface area contributed by atoms with Crippen LogP contribution in [-0.2, 0) is 16.1 Å². The van der Waals surface area contributed by atoms with Gasteiger partial charge in [-0.15, -0.1) is 0 Å². The number of furan rings is 1. The van der Waals surface area contributed by atoms with E-state index in [0.717, 1.165) is 24.0 Å². The van der Waals surface area contributed by atoms with Gasteiger partial charge >= 0.3 is 12.4 Å². The van der Waals surface area contributed by atoms with Crippen molar-refractivity contribution in [3.8, 4) is 0 Å². The summed E-state index contributed by atoms with van der Waals surface area (Å²) in [6, 6.07) is 5.61. The predicted octanol–water partition coefficient (Wildman–Crippen LogP) is 2.82. The average Bonchev–Trinajstić information content (AvgIpc) is 3.03. The Balaban J connectivity index is 1.83. The number of carbonyl (C=O) groups is 1. The summed E-state index contributed by atoms with van der Waals surface area (Å²) in [5.41, 5.74) is 2.00. The summed E-state index contributed by atoms with van der Waals surface area (Å²) in [5, 5.41) is 0.921. The van der Waals surface area contributed by atoms with Crippen LogP contribution in [0.2, 0.25) is 0 Å². The van der Waals surface area contributed by atoms with E-state index in [1.165, 1.54) is 7.11 Å². The molecular weight excluding hydrogens is 332 g/mol. The van der Waals surface area contributed by atoms with Crippen molar-refractivity contribution >= 4 is 23.3 Å². The van der Waals surface area contributed by atoms with Crippen LogP contribution < -0.4 is 0 Å². The van der Waals surface area contributed by atoms with Crippen molar-refractivity contribution in [3.05, 3.63) is 35.6 Å². The molecule has 1 saturated heterocycles. The van der Waals surface area contributed by atoms with Crippen LogP contribution in [-0.4, -0.2) is 55.0 Å². The van der Waals surface area contributed by atoms with E-state index >= 15 is 0 Å². The Labute approximate surface area is 153 Å². The number of amides is 1. The highest BCUT2D eigenvalue weighted by molar-refractivity contribution is 6.02.